The van der Waals surface area contributed by atoms with E-state index in [4.69, 9.17) is 4.52 Å². The van der Waals surface area contributed by atoms with E-state index in [2.05, 4.69) is 5.16 Å². The molecule has 0 radical (unpaired) electrons. The summed E-state index contributed by atoms with van der Waals surface area (Å²) < 4.78 is 30.4. The fraction of sp³-hybridized carbons (Fsp3) is 0.556. The van der Waals surface area contributed by atoms with Crippen molar-refractivity contribution < 1.29 is 18.1 Å². The molecule has 82 valence electrons. The Bertz CT molecular complexity index is 389. The zero-order valence-corrected chi connectivity index (χ0v) is 8.17. The lowest BCUT2D eigenvalue weighted by molar-refractivity contribution is 0.0119. The minimum atomic E-state index is -2.77. The number of hydrogen-bond donors (Lipinski definition) is 0. The molecule has 6 heteroatoms. The first kappa shape index (κ1) is 10.1. The number of aryl methyl sites for hydroxylation is 1. The van der Waals surface area contributed by atoms with E-state index < -0.39 is 18.4 Å². The average Bonchev–Trinajstić information content (AvgIpc) is 2.71. The van der Waals surface area contributed by atoms with Crippen molar-refractivity contribution in [1.82, 2.24) is 10.1 Å². The minimum absolute atomic E-state index is 0.0672. The maximum atomic E-state index is 12.8. The summed E-state index contributed by atoms with van der Waals surface area (Å²) in [6, 6.07) is 1.44. The van der Waals surface area contributed by atoms with E-state index in [0.717, 1.165) is 4.90 Å². The molecule has 0 spiro atoms. The normalized spacial score (nSPS) is 19.5. The highest BCUT2D eigenvalue weighted by atomic mass is 19.3. The Balaban J connectivity index is 2.10. The average molecular weight is 216 g/mol. The molecule has 0 saturated carbocycles. The van der Waals surface area contributed by atoms with Crippen LogP contribution in [0, 0.1) is 6.92 Å². The molecular formula is C9H10F2N2O2. The first-order valence-electron chi connectivity index (χ1n) is 4.58. The molecule has 1 aromatic heterocycles. The van der Waals surface area contributed by atoms with Gasteiger partial charge in [0.1, 0.15) is 5.76 Å². The Hall–Kier alpha value is -1.46. The van der Waals surface area contributed by atoms with Crippen molar-refractivity contribution in [3.05, 3.63) is 17.5 Å². The van der Waals surface area contributed by atoms with Gasteiger partial charge in [-0.25, -0.2) is 8.78 Å². The molecule has 1 saturated heterocycles. The maximum Gasteiger partial charge on any atom is 0.276 e. The highest BCUT2D eigenvalue weighted by Gasteiger charge is 2.41. The molecule has 1 aliphatic heterocycles. The monoisotopic (exact) mass is 216 g/mol. The van der Waals surface area contributed by atoms with E-state index in [9.17, 15) is 13.6 Å². The number of hydrogen-bond acceptors (Lipinski definition) is 3. The fourth-order valence-electron chi connectivity index (χ4n) is 1.54. The van der Waals surface area contributed by atoms with Crippen molar-refractivity contribution in [3.63, 3.8) is 0 Å². The second-order valence-corrected chi connectivity index (χ2v) is 3.66. The smallest absolute Gasteiger partial charge is 0.276 e. The van der Waals surface area contributed by atoms with Crippen LogP contribution in [-0.4, -0.2) is 35.0 Å². The number of carbonyl (C=O) groups excluding carboxylic acids is 1. The van der Waals surface area contributed by atoms with Crippen LogP contribution in [0.1, 0.15) is 22.7 Å². The van der Waals surface area contributed by atoms with E-state index in [1.165, 1.54) is 6.07 Å². The zero-order chi connectivity index (χ0) is 11.1. The molecule has 2 heterocycles. The van der Waals surface area contributed by atoms with Crippen LogP contribution in [0.4, 0.5) is 8.78 Å². The Morgan fingerprint density at radius 3 is 2.87 bits per heavy atom. The van der Waals surface area contributed by atoms with E-state index in [-0.39, 0.29) is 18.7 Å². The van der Waals surface area contributed by atoms with Crippen molar-refractivity contribution in [2.45, 2.75) is 19.3 Å². The zero-order valence-electron chi connectivity index (χ0n) is 8.17. The Kier molecular flexibility index (Phi) is 2.21. The molecule has 0 aromatic carbocycles. The molecule has 0 aliphatic carbocycles. The highest BCUT2D eigenvalue weighted by Crippen LogP contribution is 2.27. The van der Waals surface area contributed by atoms with Gasteiger partial charge in [-0.15, -0.1) is 0 Å². The number of rotatable bonds is 1. The van der Waals surface area contributed by atoms with E-state index in [1.807, 2.05) is 0 Å². The fourth-order valence-corrected chi connectivity index (χ4v) is 1.54. The van der Waals surface area contributed by atoms with Crippen LogP contribution >= 0.6 is 0 Å². The molecule has 1 aliphatic rings. The molecule has 2 rings (SSSR count). The van der Waals surface area contributed by atoms with Crippen LogP contribution in [0.25, 0.3) is 0 Å². The van der Waals surface area contributed by atoms with E-state index >= 15 is 0 Å². The summed E-state index contributed by atoms with van der Waals surface area (Å²) in [4.78, 5) is 12.7. The van der Waals surface area contributed by atoms with Gasteiger partial charge in [-0.3, -0.25) is 4.79 Å². The molecule has 0 bridgehead atoms. The number of amides is 1. The third-order valence-electron chi connectivity index (χ3n) is 2.30. The Morgan fingerprint density at radius 2 is 2.40 bits per heavy atom. The van der Waals surface area contributed by atoms with Crippen LogP contribution in [0.3, 0.4) is 0 Å². The number of halogens is 2. The van der Waals surface area contributed by atoms with Crippen molar-refractivity contribution in [2.24, 2.45) is 0 Å². The highest BCUT2D eigenvalue weighted by molar-refractivity contribution is 5.92. The van der Waals surface area contributed by atoms with Crippen molar-refractivity contribution in [1.29, 1.82) is 0 Å². The van der Waals surface area contributed by atoms with Crippen LogP contribution < -0.4 is 0 Å². The van der Waals surface area contributed by atoms with Gasteiger partial charge in [0.25, 0.3) is 11.8 Å². The molecule has 0 N–H and O–H groups in total. The van der Waals surface area contributed by atoms with Crippen LogP contribution in [-0.2, 0) is 0 Å². The summed E-state index contributed by atoms with van der Waals surface area (Å²) in [7, 11) is 0. The van der Waals surface area contributed by atoms with Crippen LogP contribution in [0.5, 0.6) is 0 Å². The van der Waals surface area contributed by atoms with Gasteiger partial charge in [0.2, 0.25) is 0 Å². The molecular weight excluding hydrogens is 206 g/mol. The molecule has 0 unspecified atom stereocenters. The molecule has 1 amide bonds. The lowest BCUT2D eigenvalue weighted by Gasteiger charge is -2.13. The molecule has 0 atom stereocenters. The summed E-state index contributed by atoms with van der Waals surface area (Å²) >= 11 is 0. The predicted molar refractivity (Wildman–Crippen MR) is 46.7 cm³/mol. The molecule has 1 aromatic rings. The second-order valence-electron chi connectivity index (χ2n) is 3.66. The summed E-state index contributed by atoms with van der Waals surface area (Å²) in [6.45, 7) is 1.18. The van der Waals surface area contributed by atoms with Gasteiger partial charge in [-0.2, -0.15) is 0 Å². The Morgan fingerprint density at radius 1 is 1.67 bits per heavy atom. The minimum Gasteiger partial charge on any atom is -0.361 e. The molecule has 4 nitrogen and oxygen atoms in total. The van der Waals surface area contributed by atoms with Crippen molar-refractivity contribution in [2.75, 3.05) is 13.1 Å². The topological polar surface area (TPSA) is 46.3 Å². The molecule has 15 heavy (non-hydrogen) atoms. The summed E-state index contributed by atoms with van der Waals surface area (Å²) in [5.74, 6) is -2.78. The van der Waals surface area contributed by atoms with Gasteiger partial charge < -0.3 is 9.42 Å². The first-order chi connectivity index (χ1) is 6.98. The predicted octanol–water partition coefficient (Wildman–Crippen LogP) is 1.46. The lowest BCUT2D eigenvalue weighted by atomic mass is 10.3. The van der Waals surface area contributed by atoms with E-state index in [0.29, 0.717) is 5.76 Å². The van der Waals surface area contributed by atoms with E-state index in [1.54, 1.807) is 6.92 Å². The van der Waals surface area contributed by atoms with Crippen molar-refractivity contribution >= 4 is 5.91 Å². The number of aromatic nitrogens is 1. The van der Waals surface area contributed by atoms with Gasteiger partial charge in [0, 0.05) is 19.0 Å². The number of likely N-dealkylation sites (tertiary alicyclic amines) is 1. The third-order valence-corrected chi connectivity index (χ3v) is 2.30. The van der Waals surface area contributed by atoms with Crippen LogP contribution in [0.2, 0.25) is 0 Å². The summed E-state index contributed by atoms with van der Waals surface area (Å²) in [5.41, 5.74) is 0.0881. The maximum absolute atomic E-state index is 12.8. The van der Waals surface area contributed by atoms with Crippen molar-refractivity contribution in [3.8, 4) is 0 Å². The number of carbonyl (C=O) groups is 1. The largest absolute Gasteiger partial charge is 0.361 e. The Labute approximate surface area is 84.8 Å². The quantitative estimate of drug-likeness (QED) is 0.714. The number of alkyl halides is 2. The van der Waals surface area contributed by atoms with Crippen LogP contribution in [0.15, 0.2) is 10.6 Å². The SMILES string of the molecule is Cc1cc(C(=O)N2CCC(F)(F)C2)no1. The van der Waals surface area contributed by atoms with Gasteiger partial charge >= 0.3 is 0 Å². The summed E-state index contributed by atoms with van der Waals surface area (Å²) in [6.07, 6.45) is -0.282. The second kappa shape index (κ2) is 3.29. The summed E-state index contributed by atoms with van der Waals surface area (Å²) in [5, 5.41) is 3.50. The van der Waals surface area contributed by atoms with Gasteiger partial charge in [0.05, 0.1) is 6.54 Å². The number of nitrogens with zero attached hydrogens (tertiary/aromatic N) is 2. The first-order valence-corrected chi connectivity index (χ1v) is 4.58. The molecule has 1 fully saturated rings. The standard InChI is InChI=1S/C9H10F2N2O2/c1-6-4-7(12-15-6)8(14)13-3-2-9(10,11)5-13/h4H,2-3,5H2,1H3. The van der Waals surface area contributed by atoms with Gasteiger partial charge in [0.15, 0.2) is 5.69 Å². The third kappa shape index (κ3) is 1.98. The van der Waals surface area contributed by atoms with Gasteiger partial charge in [-0.05, 0) is 6.92 Å². The lowest BCUT2D eigenvalue weighted by Crippen LogP contribution is -2.31. The van der Waals surface area contributed by atoms with Gasteiger partial charge in [-0.1, -0.05) is 5.16 Å².